The Bertz CT molecular complexity index is 657. The molecule has 1 heterocycles. The first-order valence-electron chi connectivity index (χ1n) is 12.9. The summed E-state index contributed by atoms with van der Waals surface area (Å²) >= 11 is 0. The minimum Gasteiger partial charge on any atom is -0.340 e. The van der Waals surface area contributed by atoms with Crippen molar-refractivity contribution < 1.29 is 4.79 Å². The Morgan fingerprint density at radius 3 is 1.53 bits per heavy atom. The molecule has 0 radical (unpaired) electrons. The zero-order valence-electron chi connectivity index (χ0n) is 22.0. The Hall–Kier alpha value is -1.61. The number of carbonyl (C=O) groups is 1. The van der Waals surface area contributed by atoms with Crippen molar-refractivity contribution in [1.82, 2.24) is 9.80 Å². The van der Waals surface area contributed by atoms with Crippen LogP contribution in [-0.4, -0.2) is 48.4 Å². The van der Waals surface area contributed by atoms with Gasteiger partial charge in [0.15, 0.2) is 0 Å². The minimum atomic E-state index is 0.324. The number of hydrogen-bond acceptors (Lipinski definition) is 2. The third kappa shape index (κ3) is 13.7. The highest BCUT2D eigenvalue weighted by molar-refractivity contribution is 5.76. The summed E-state index contributed by atoms with van der Waals surface area (Å²) in [5.41, 5.74) is 5.81. The lowest BCUT2D eigenvalue weighted by Crippen LogP contribution is -2.48. The van der Waals surface area contributed by atoms with Gasteiger partial charge >= 0.3 is 0 Å². The molecule has 1 aliphatic rings. The van der Waals surface area contributed by atoms with Gasteiger partial charge in [0.05, 0.1) is 0 Å². The number of nitrogens with zero attached hydrogens (tertiary/aromatic N) is 2. The van der Waals surface area contributed by atoms with Gasteiger partial charge in [-0.15, -0.1) is 0 Å². The summed E-state index contributed by atoms with van der Waals surface area (Å²) in [4.78, 5) is 17.0. The van der Waals surface area contributed by atoms with Crippen LogP contribution in [0.3, 0.4) is 0 Å². The molecule has 0 N–H and O–H groups in total. The third-order valence-corrected chi connectivity index (χ3v) is 6.27. The van der Waals surface area contributed by atoms with E-state index in [0.717, 1.165) is 71.2 Å². The molecule has 1 aliphatic heterocycles. The molecule has 0 aliphatic carbocycles. The summed E-state index contributed by atoms with van der Waals surface area (Å²) in [7, 11) is 0. The van der Waals surface area contributed by atoms with Crippen molar-refractivity contribution in [3.8, 4) is 0 Å². The highest BCUT2D eigenvalue weighted by Gasteiger charge is 2.19. The molecule has 32 heavy (non-hydrogen) atoms. The van der Waals surface area contributed by atoms with E-state index in [1.807, 2.05) is 0 Å². The normalized spacial score (nSPS) is 16.4. The molecule has 3 heteroatoms. The first-order valence-corrected chi connectivity index (χ1v) is 12.9. The Morgan fingerprint density at radius 1 is 0.656 bits per heavy atom. The second-order valence-corrected chi connectivity index (χ2v) is 9.81. The molecule has 0 atom stereocenters. The van der Waals surface area contributed by atoms with E-state index < -0.39 is 0 Å². The van der Waals surface area contributed by atoms with Gasteiger partial charge in [0.25, 0.3) is 0 Å². The van der Waals surface area contributed by atoms with Crippen LogP contribution in [0.2, 0.25) is 0 Å². The molecule has 0 aromatic rings. The van der Waals surface area contributed by atoms with Gasteiger partial charge in [-0.2, -0.15) is 0 Å². The van der Waals surface area contributed by atoms with Gasteiger partial charge in [0, 0.05) is 32.6 Å². The highest BCUT2D eigenvalue weighted by Crippen LogP contribution is 2.14. The molecular formula is C29H50N2O. The average Bonchev–Trinajstić information content (AvgIpc) is 2.74. The summed E-state index contributed by atoms with van der Waals surface area (Å²) in [5, 5.41) is 0. The van der Waals surface area contributed by atoms with Crippen molar-refractivity contribution in [2.45, 2.75) is 99.3 Å². The van der Waals surface area contributed by atoms with Crippen molar-refractivity contribution in [2.24, 2.45) is 0 Å². The zero-order valence-corrected chi connectivity index (χ0v) is 22.0. The molecule has 1 rings (SSSR count). The lowest BCUT2D eigenvalue weighted by Gasteiger charge is -2.34. The van der Waals surface area contributed by atoms with Gasteiger partial charge in [0.1, 0.15) is 0 Å². The van der Waals surface area contributed by atoms with E-state index in [9.17, 15) is 4.79 Å². The fourth-order valence-corrected chi connectivity index (χ4v) is 4.12. The van der Waals surface area contributed by atoms with Crippen LogP contribution in [0.1, 0.15) is 99.3 Å². The van der Waals surface area contributed by atoms with Crippen LogP contribution in [-0.2, 0) is 4.79 Å². The summed E-state index contributed by atoms with van der Waals surface area (Å²) < 4.78 is 0. The van der Waals surface area contributed by atoms with E-state index in [0.29, 0.717) is 12.3 Å². The zero-order chi connectivity index (χ0) is 23.8. The molecule has 0 bridgehead atoms. The first kappa shape index (κ1) is 28.4. The largest absolute Gasteiger partial charge is 0.340 e. The second-order valence-electron chi connectivity index (χ2n) is 9.81. The Labute approximate surface area is 199 Å². The molecule has 0 spiro atoms. The lowest BCUT2D eigenvalue weighted by molar-refractivity contribution is -0.132. The van der Waals surface area contributed by atoms with Crippen LogP contribution in [0.15, 0.2) is 46.6 Å². The summed E-state index contributed by atoms with van der Waals surface area (Å²) in [6.07, 6.45) is 18.9. The molecule has 182 valence electrons. The fourth-order valence-electron chi connectivity index (χ4n) is 4.12. The summed E-state index contributed by atoms with van der Waals surface area (Å²) in [6.45, 7) is 18.3. The van der Waals surface area contributed by atoms with Gasteiger partial charge in [-0.05, 0) is 92.5 Å². The quantitative estimate of drug-likeness (QED) is 0.261. The highest BCUT2D eigenvalue weighted by atomic mass is 16.2. The SMILES string of the molecule is CCCN1CCN(C(=O)CC/C=C(\C)CCC=C(C)CC/C=C(\C)CCC=C(C)C)CC1. The van der Waals surface area contributed by atoms with Crippen molar-refractivity contribution >= 4 is 5.91 Å². The number of rotatable bonds is 14. The van der Waals surface area contributed by atoms with Gasteiger partial charge in [-0.1, -0.05) is 53.5 Å². The first-order chi connectivity index (χ1) is 15.3. The van der Waals surface area contributed by atoms with Gasteiger partial charge in [0.2, 0.25) is 5.91 Å². The minimum absolute atomic E-state index is 0.324. The topological polar surface area (TPSA) is 23.6 Å². The average molecular weight is 443 g/mol. The van der Waals surface area contributed by atoms with E-state index in [-0.39, 0.29) is 0 Å². The smallest absolute Gasteiger partial charge is 0.222 e. The molecule has 0 aromatic carbocycles. The lowest BCUT2D eigenvalue weighted by atomic mass is 10.0. The van der Waals surface area contributed by atoms with Gasteiger partial charge in [-0.3, -0.25) is 9.69 Å². The van der Waals surface area contributed by atoms with Crippen LogP contribution < -0.4 is 0 Å². The molecule has 1 saturated heterocycles. The van der Waals surface area contributed by atoms with Crippen LogP contribution in [0.5, 0.6) is 0 Å². The van der Waals surface area contributed by atoms with Crippen LogP contribution in [0.4, 0.5) is 0 Å². The van der Waals surface area contributed by atoms with Crippen molar-refractivity contribution in [3.63, 3.8) is 0 Å². The van der Waals surface area contributed by atoms with Crippen molar-refractivity contribution in [2.75, 3.05) is 32.7 Å². The third-order valence-electron chi connectivity index (χ3n) is 6.27. The van der Waals surface area contributed by atoms with E-state index in [1.165, 1.54) is 35.1 Å². The van der Waals surface area contributed by atoms with Crippen LogP contribution in [0.25, 0.3) is 0 Å². The predicted octanol–water partition coefficient (Wildman–Crippen LogP) is 7.47. The maximum atomic E-state index is 12.4. The Morgan fingerprint density at radius 2 is 1.09 bits per heavy atom. The maximum Gasteiger partial charge on any atom is 0.222 e. The number of hydrogen-bond donors (Lipinski definition) is 0. The molecule has 0 saturated carbocycles. The standard InChI is InChI=1S/C29H50N2O/c1-7-20-30-21-23-31(24-22-30)29(32)19-11-18-28(6)17-10-16-27(5)15-9-14-26(4)13-8-12-25(2)3/h12,14,16,18H,7-11,13,15,17,19-24H2,1-6H3/b26-14+,27-16?,28-18+. The van der Waals surface area contributed by atoms with Crippen molar-refractivity contribution in [1.29, 1.82) is 0 Å². The van der Waals surface area contributed by atoms with E-state index in [1.54, 1.807) is 0 Å². The molecular weight excluding hydrogens is 392 g/mol. The fraction of sp³-hybridized carbons (Fsp3) is 0.690. The van der Waals surface area contributed by atoms with Gasteiger partial charge < -0.3 is 4.90 Å². The van der Waals surface area contributed by atoms with Gasteiger partial charge in [-0.25, -0.2) is 0 Å². The van der Waals surface area contributed by atoms with Crippen molar-refractivity contribution in [3.05, 3.63) is 46.6 Å². The molecule has 1 amide bonds. The number of piperazine rings is 1. The monoisotopic (exact) mass is 442 g/mol. The summed E-state index contributed by atoms with van der Waals surface area (Å²) in [6, 6.07) is 0. The predicted molar refractivity (Wildman–Crippen MR) is 141 cm³/mol. The summed E-state index contributed by atoms with van der Waals surface area (Å²) in [5.74, 6) is 0.324. The second kappa shape index (κ2) is 16.9. The molecule has 0 aromatic heterocycles. The number of amides is 1. The van der Waals surface area contributed by atoms with Crippen LogP contribution in [0, 0.1) is 0 Å². The van der Waals surface area contributed by atoms with Crippen LogP contribution >= 0.6 is 0 Å². The van der Waals surface area contributed by atoms with E-state index in [4.69, 9.17) is 0 Å². The Balaban J connectivity index is 2.20. The Kier molecular flexibility index (Phi) is 15.1. The number of allylic oxidation sites excluding steroid dienone is 8. The number of carbonyl (C=O) groups excluding carboxylic acids is 1. The van der Waals surface area contributed by atoms with E-state index >= 15 is 0 Å². The van der Waals surface area contributed by atoms with E-state index in [2.05, 4.69) is 75.6 Å². The molecule has 1 fully saturated rings. The molecule has 0 unspecified atom stereocenters. The molecule has 3 nitrogen and oxygen atoms in total. The maximum absolute atomic E-state index is 12.4.